The van der Waals surface area contributed by atoms with Crippen LogP contribution in [0.2, 0.25) is 0 Å². The normalized spacial score (nSPS) is 26.8. The van der Waals surface area contributed by atoms with Crippen molar-refractivity contribution in [3.05, 3.63) is 0 Å². The van der Waals surface area contributed by atoms with Gasteiger partial charge in [-0.15, -0.1) is 0 Å². The van der Waals surface area contributed by atoms with Crippen LogP contribution in [0.15, 0.2) is 5.16 Å². The van der Waals surface area contributed by atoms with Gasteiger partial charge < -0.3 is 20.6 Å². The summed E-state index contributed by atoms with van der Waals surface area (Å²) in [6, 6.07) is -0.0556. The van der Waals surface area contributed by atoms with E-state index in [2.05, 4.69) is 10.1 Å². The Hall–Kier alpha value is -1.34. The van der Waals surface area contributed by atoms with Crippen LogP contribution in [0, 0.1) is 0 Å². The van der Waals surface area contributed by atoms with Gasteiger partial charge in [-0.25, -0.2) is 0 Å². The molecule has 114 valence electrons. The van der Waals surface area contributed by atoms with Crippen LogP contribution in [0.1, 0.15) is 26.2 Å². The second-order valence-corrected chi connectivity index (χ2v) is 5.31. The predicted octanol–water partition coefficient (Wildman–Crippen LogP) is -0.165. The molecule has 20 heavy (non-hydrogen) atoms. The lowest BCUT2D eigenvalue weighted by atomic mass is 10.1. The largest absolute Gasteiger partial charge is 0.409 e. The highest BCUT2D eigenvalue weighted by atomic mass is 16.5. The highest BCUT2D eigenvalue weighted by Crippen LogP contribution is 2.17. The predicted molar refractivity (Wildman–Crippen MR) is 74.6 cm³/mol. The van der Waals surface area contributed by atoms with Crippen molar-refractivity contribution in [3.8, 4) is 0 Å². The maximum absolute atomic E-state index is 12.2. The van der Waals surface area contributed by atoms with Gasteiger partial charge >= 0.3 is 0 Å². The van der Waals surface area contributed by atoms with E-state index in [0.29, 0.717) is 19.7 Å². The van der Waals surface area contributed by atoms with Gasteiger partial charge in [0.05, 0.1) is 6.04 Å². The minimum absolute atomic E-state index is 0.0556. The molecule has 7 heteroatoms. The molecule has 0 aromatic rings. The van der Waals surface area contributed by atoms with Gasteiger partial charge in [0.2, 0.25) is 0 Å². The van der Waals surface area contributed by atoms with Gasteiger partial charge in [0.25, 0.3) is 5.91 Å². The Morgan fingerprint density at radius 2 is 2.15 bits per heavy atom. The molecule has 3 N–H and O–H groups in total. The zero-order valence-corrected chi connectivity index (χ0v) is 12.0. The molecule has 0 bridgehead atoms. The summed E-state index contributed by atoms with van der Waals surface area (Å²) in [7, 11) is 0. The second kappa shape index (κ2) is 6.90. The number of amides is 1. The fourth-order valence-corrected chi connectivity index (χ4v) is 2.95. The van der Waals surface area contributed by atoms with Gasteiger partial charge in [0.1, 0.15) is 6.10 Å². The number of nitrogens with two attached hydrogens (primary N) is 1. The molecule has 2 atom stereocenters. The fourth-order valence-electron chi connectivity index (χ4n) is 2.95. The van der Waals surface area contributed by atoms with E-state index in [1.165, 1.54) is 0 Å². The Morgan fingerprint density at radius 1 is 1.45 bits per heavy atom. The molecule has 2 saturated heterocycles. The van der Waals surface area contributed by atoms with Crippen molar-refractivity contribution >= 4 is 11.7 Å². The van der Waals surface area contributed by atoms with E-state index < -0.39 is 0 Å². The summed E-state index contributed by atoms with van der Waals surface area (Å²) in [6.45, 7) is 5.53. The van der Waals surface area contributed by atoms with Crippen molar-refractivity contribution in [2.75, 3.05) is 32.8 Å². The van der Waals surface area contributed by atoms with Crippen LogP contribution in [0.3, 0.4) is 0 Å². The Bertz CT molecular complexity index is 361. The Labute approximate surface area is 119 Å². The third-order valence-corrected chi connectivity index (χ3v) is 4.12. The van der Waals surface area contributed by atoms with E-state index in [1.807, 2.05) is 11.8 Å². The van der Waals surface area contributed by atoms with Gasteiger partial charge in [-0.3, -0.25) is 9.69 Å². The molecule has 2 aliphatic rings. The van der Waals surface area contributed by atoms with Crippen molar-refractivity contribution in [1.82, 2.24) is 9.80 Å². The summed E-state index contributed by atoms with van der Waals surface area (Å²) in [5, 5.41) is 11.9. The molecule has 0 radical (unpaired) electrons. The average Bonchev–Trinajstić information content (AvgIpc) is 3.02. The molecule has 0 aliphatic carbocycles. The standard InChI is InChI=1S/C13H24N4O3/c1-2-10(12(14)15-19)16-5-7-17(8-6-16)13(18)11-4-3-9-20-11/h10-11,19H,2-9H2,1H3,(H2,14,15). The van der Waals surface area contributed by atoms with Crippen LogP contribution >= 0.6 is 0 Å². The number of piperazine rings is 1. The molecular weight excluding hydrogens is 260 g/mol. The molecule has 2 heterocycles. The molecule has 7 nitrogen and oxygen atoms in total. The SMILES string of the molecule is CCC(C(N)=NO)N1CCN(C(=O)C2CCCO2)CC1. The molecule has 2 unspecified atom stereocenters. The maximum Gasteiger partial charge on any atom is 0.251 e. The lowest BCUT2D eigenvalue weighted by Gasteiger charge is -2.39. The van der Waals surface area contributed by atoms with E-state index in [-0.39, 0.29) is 23.9 Å². The molecule has 0 aromatic heterocycles. The van der Waals surface area contributed by atoms with E-state index in [1.54, 1.807) is 0 Å². The minimum Gasteiger partial charge on any atom is -0.409 e. The van der Waals surface area contributed by atoms with Crippen LogP contribution in [-0.2, 0) is 9.53 Å². The Balaban J connectivity index is 1.86. The number of carbonyl (C=O) groups is 1. The number of hydrogen-bond acceptors (Lipinski definition) is 5. The highest BCUT2D eigenvalue weighted by molar-refractivity contribution is 5.85. The summed E-state index contributed by atoms with van der Waals surface area (Å²) in [5.74, 6) is 0.352. The van der Waals surface area contributed by atoms with E-state index in [9.17, 15) is 4.79 Å². The minimum atomic E-state index is -0.243. The van der Waals surface area contributed by atoms with Crippen LogP contribution < -0.4 is 5.73 Å². The lowest BCUT2D eigenvalue weighted by molar-refractivity contribution is -0.142. The molecule has 0 aromatic carbocycles. The van der Waals surface area contributed by atoms with E-state index in [0.717, 1.165) is 32.4 Å². The maximum atomic E-state index is 12.2. The zero-order chi connectivity index (χ0) is 14.5. The molecular formula is C13H24N4O3. The second-order valence-electron chi connectivity index (χ2n) is 5.31. The van der Waals surface area contributed by atoms with Gasteiger partial charge in [-0.2, -0.15) is 0 Å². The quantitative estimate of drug-likeness (QED) is 0.324. The molecule has 2 rings (SSSR count). The molecule has 0 spiro atoms. The van der Waals surface area contributed by atoms with Crippen molar-refractivity contribution in [3.63, 3.8) is 0 Å². The third kappa shape index (κ3) is 3.21. The molecule has 1 amide bonds. The highest BCUT2D eigenvalue weighted by Gasteiger charge is 2.32. The number of rotatable bonds is 4. The van der Waals surface area contributed by atoms with Crippen molar-refractivity contribution in [1.29, 1.82) is 0 Å². The molecule has 0 saturated carbocycles. The van der Waals surface area contributed by atoms with Crippen LogP contribution in [0.4, 0.5) is 0 Å². The number of carbonyl (C=O) groups excluding carboxylic acids is 1. The topological polar surface area (TPSA) is 91.4 Å². The molecule has 2 aliphatic heterocycles. The van der Waals surface area contributed by atoms with E-state index in [4.69, 9.17) is 15.7 Å². The zero-order valence-electron chi connectivity index (χ0n) is 12.0. The van der Waals surface area contributed by atoms with Gasteiger partial charge in [-0.1, -0.05) is 12.1 Å². The molecule has 2 fully saturated rings. The summed E-state index contributed by atoms with van der Waals surface area (Å²) in [5.41, 5.74) is 5.71. The van der Waals surface area contributed by atoms with Gasteiger partial charge in [-0.05, 0) is 19.3 Å². The van der Waals surface area contributed by atoms with Gasteiger partial charge in [0.15, 0.2) is 5.84 Å². The Morgan fingerprint density at radius 3 is 2.65 bits per heavy atom. The Kier molecular flexibility index (Phi) is 5.19. The first-order valence-corrected chi connectivity index (χ1v) is 7.29. The van der Waals surface area contributed by atoms with E-state index >= 15 is 0 Å². The van der Waals surface area contributed by atoms with Crippen molar-refractivity contribution < 1.29 is 14.7 Å². The van der Waals surface area contributed by atoms with Crippen LogP contribution in [-0.4, -0.2) is 71.7 Å². The first-order chi connectivity index (χ1) is 9.67. The number of amidine groups is 1. The number of ether oxygens (including phenoxy) is 1. The lowest BCUT2D eigenvalue weighted by Crippen LogP contribution is -2.56. The summed E-state index contributed by atoms with van der Waals surface area (Å²) in [6.07, 6.45) is 2.35. The summed E-state index contributed by atoms with van der Waals surface area (Å²) < 4.78 is 5.44. The first-order valence-electron chi connectivity index (χ1n) is 7.29. The summed E-state index contributed by atoms with van der Waals surface area (Å²) >= 11 is 0. The average molecular weight is 284 g/mol. The smallest absolute Gasteiger partial charge is 0.251 e. The fraction of sp³-hybridized carbons (Fsp3) is 0.846. The number of nitrogens with zero attached hydrogens (tertiary/aromatic N) is 3. The van der Waals surface area contributed by atoms with Crippen LogP contribution in [0.5, 0.6) is 0 Å². The van der Waals surface area contributed by atoms with Crippen molar-refractivity contribution in [2.24, 2.45) is 10.9 Å². The third-order valence-electron chi connectivity index (χ3n) is 4.12. The number of oxime groups is 1. The van der Waals surface area contributed by atoms with Gasteiger partial charge in [0, 0.05) is 32.8 Å². The first kappa shape index (κ1) is 15.1. The summed E-state index contributed by atoms with van der Waals surface area (Å²) in [4.78, 5) is 16.3. The number of hydrogen-bond donors (Lipinski definition) is 2. The van der Waals surface area contributed by atoms with Crippen LogP contribution in [0.25, 0.3) is 0 Å². The monoisotopic (exact) mass is 284 g/mol. The van der Waals surface area contributed by atoms with Crippen molar-refractivity contribution in [2.45, 2.75) is 38.3 Å².